The number of esters is 2. The van der Waals surface area contributed by atoms with Gasteiger partial charge in [0.05, 0.1) is 7.11 Å². The molecule has 0 unspecified atom stereocenters. The number of hydrogen-bond acceptors (Lipinski definition) is 7. The zero-order valence-electron chi connectivity index (χ0n) is 22.3. The van der Waals surface area contributed by atoms with Crippen molar-refractivity contribution in [3.05, 3.63) is 60.2 Å². The van der Waals surface area contributed by atoms with Crippen molar-refractivity contribution in [2.45, 2.75) is 38.9 Å². The molecule has 0 fully saturated rings. The number of anilines is 1. The Labute approximate surface area is 235 Å². The molecule has 0 aliphatic heterocycles. The van der Waals surface area contributed by atoms with Gasteiger partial charge in [0.15, 0.2) is 0 Å². The van der Waals surface area contributed by atoms with Crippen LogP contribution in [-0.4, -0.2) is 49.5 Å². The third-order valence-corrected chi connectivity index (χ3v) is 6.33. The van der Waals surface area contributed by atoms with Crippen molar-refractivity contribution in [1.29, 1.82) is 0 Å². The maximum atomic E-state index is 13.5. The monoisotopic (exact) mass is 576 g/mol. The van der Waals surface area contributed by atoms with E-state index in [1.807, 2.05) is 13.8 Å². The highest BCUT2D eigenvalue weighted by molar-refractivity contribution is 7.80. The van der Waals surface area contributed by atoms with Gasteiger partial charge in [0.1, 0.15) is 11.8 Å². The van der Waals surface area contributed by atoms with Gasteiger partial charge < -0.3 is 20.1 Å². The van der Waals surface area contributed by atoms with Gasteiger partial charge in [-0.25, -0.2) is 9.59 Å². The lowest BCUT2D eigenvalue weighted by molar-refractivity contribution is -0.189. The number of benzene rings is 3. The summed E-state index contributed by atoms with van der Waals surface area (Å²) < 4.78 is 47.9. The fourth-order valence-electron chi connectivity index (χ4n) is 4.17. The summed E-state index contributed by atoms with van der Waals surface area (Å²) in [5.74, 6) is -2.95. The summed E-state index contributed by atoms with van der Waals surface area (Å²) in [5.41, 5.74) is 1.93. The van der Waals surface area contributed by atoms with Crippen LogP contribution in [0.15, 0.2) is 54.6 Å². The van der Waals surface area contributed by atoms with Crippen molar-refractivity contribution in [3.8, 4) is 16.9 Å². The van der Waals surface area contributed by atoms with Crippen molar-refractivity contribution in [2.24, 2.45) is 5.92 Å². The number of alkyl halides is 3. The molecule has 0 aliphatic carbocycles. The molecule has 0 saturated carbocycles. The van der Waals surface area contributed by atoms with Gasteiger partial charge in [-0.1, -0.05) is 38.1 Å². The average molecular weight is 577 g/mol. The van der Waals surface area contributed by atoms with Gasteiger partial charge in [-0.2, -0.15) is 25.8 Å². The molecule has 1 atom stereocenters. The number of carbonyl (C=O) groups excluding carboxylic acids is 3. The molecule has 3 rings (SSSR count). The minimum atomic E-state index is -5.15. The number of amides is 1. The van der Waals surface area contributed by atoms with Gasteiger partial charge in [0.2, 0.25) is 0 Å². The van der Waals surface area contributed by atoms with E-state index in [1.54, 1.807) is 36.4 Å². The predicted molar refractivity (Wildman–Crippen MR) is 151 cm³/mol. The molecule has 3 aromatic rings. The van der Waals surface area contributed by atoms with Crippen molar-refractivity contribution in [1.82, 2.24) is 5.32 Å². The number of hydrogen-bond donors (Lipinski definition) is 3. The first kappa shape index (κ1) is 30.8. The molecular weight excluding hydrogens is 545 g/mol. The van der Waals surface area contributed by atoms with E-state index in [4.69, 9.17) is 4.74 Å². The zero-order chi connectivity index (χ0) is 29.4. The smallest absolute Gasteiger partial charge is 0.467 e. The summed E-state index contributed by atoms with van der Waals surface area (Å²) in [6.45, 7) is 4.45. The van der Waals surface area contributed by atoms with Crippen molar-refractivity contribution in [3.63, 3.8) is 0 Å². The van der Waals surface area contributed by atoms with E-state index in [1.165, 1.54) is 25.3 Å². The SMILES string of the molecule is COC(=O)[C@H](CC(C)C)NC(=O)c1ccc(NCCCS)cc1-c1cccc2ccc(OC(=O)C(F)(F)F)cc12. The quantitative estimate of drug-likeness (QED) is 0.112. The van der Waals surface area contributed by atoms with Crippen molar-refractivity contribution in [2.75, 3.05) is 24.7 Å². The lowest BCUT2D eigenvalue weighted by atomic mass is 9.93. The molecule has 0 saturated heterocycles. The van der Waals surface area contributed by atoms with E-state index in [2.05, 4.69) is 28.0 Å². The second kappa shape index (κ2) is 13.6. The largest absolute Gasteiger partial charge is 0.491 e. The molecule has 1 amide bonds. The number of nitrogens with one attached hydrogen (secondary N) is 2. The molecule has 3 aromatic carbocycles. The van der Waals surface area contributed by atoms with Crippen LogP contribution in [0.4, 0.5) is 18.9 Å². The van der Waals surface area contributed by atoms with Gasteiger partial charge in [0.25, 0.3) is 5.91 Å². The molecule has 0 spiro atoms. The van der Waals surface area contributed by atoms with Gasteiger partial charge >= 0.3 is 18.1 Å². The van der Waals surface area contributed by atoms with Crippen LogP contribution >= 0.6 is 12.6 Å². The number of fused-ring (bicyclic) bond motifs is 1. The third-order valence-electron chi connectivity index (χ3n) is 6.01. The molecule has 0 aliphatic rings. The Bertz CT molecular complexity index is 1380. The lowest BCUT2D eigenvalue weighted by Gasteiger charge is -2.20. The molecule has 11 heteroatoms. The number of methoxy groups -OCH3 is 1. The Morgan fingerprint density at radius 1 is 1.00 bits per heavy atom. The molecule has 0 heterocycles. The van der Waals surface area contributed by atoms with Gasteiger partial charge in [-0.3, -0.25) is 4.79 Å². The van der Waals surface area contributed by atoms with Crippen LogP contribution in [0.3, 0.4) is 0 Å². The molecular formula is C29H31F3N2O5S. The Kier molecular flexibility index (Phi) is 10.4. The lowest BCUT2D eigenvalue weighted by Crippen LogP contribution is -2.42. The van der Waals surface area contributed by atoms with E-state index in [9.17, 15) is 27.6 Å². The standard InChI is InChI=1S/C29H31F3N2O5S/c1-17(2)14-25(27(36)38-3)34-26(35)22-11-9-19(33-12-5-13-40)15-24(22)21-7-4-6-18-8-10-20(16-23(18)21)39-28(37)29(30,31)32/h4,6-11,15-17,25,33,40H,5,12-14H2,1-3H3,(H,34,35)/t25-/m0/s1. The number of ether oxygens (including phenoxy) is 2. The highest BCUT2D eigenvalue weighted by Gasteiger charge is 2.41. The van der Waals surface area contributed by atoms with E-state index < -0.39 is 30.1 Å². The summed E-state index contributed by atoms with van der Waals surface area (Å²) in [7, 11) is 1.25. The fraction of sp³-hybridized carbons (Fsp3) is 0.345. The molecule has 0 aromatic heterocycles. The van der Waals surface area contributed by atoms with Crippen molar-refractivity contribution >= 4 is 46.9 Å². The highest BCUT2D eigenvalue weighted by Crippen LogP contribution is 2.35. The van der Waals surface area contributed by atoms with E-state index in [-0.39, 0.29) is 17.2 Å². The van der Waals surface area contributed by atoms with Gasteiger partial charge in [0, 0.05) is 17.8 Å². The maximum Gasteiger partial charge on any atom is 0.491 e. The first-order valence-electron chi connectivity index (χ1n) is 12.6. The van der Waals surface area contributed by atoms with E-state index in [0.717, 1.165) is 6.42 Å². The van der Waals surface area contributed by atoms with E-state index in [0.29, 0.717) is 46.3 Å². The van der Waals surface area contributed by atoms with Crippen LogP contribution < -0.4 is 15.4 Å². The maximum absolute atomic E-state index is 13.5. The minimum absolute atomic E-state index is 0.0955. The minimum Gasteiger partial charge on any atom is -0.467 e. The summed E-state index contributed by atoms with van der Waals surface area (Å²) >= 11 is 4.22. The third kappa shape index (κ3) is 7.91. The molecule has 0 bridgehead atoms. The van der Waals surface area contributed by atoms with Crippen LogP contribution in [-0.2, 0) is 14.3 Å². The summed E-state index contributed by atoms with van der Waals surface area (Å²) in [6, 6.07) is 13.6. The first-order chi connectivity index (χ1) is 18.9. The summed E-state index contributed by atoms with van der Waals surface area (Å²) in [4.78, 5) is 37.3. The number of halogens is 3. The molecule has 214 valence electrons. The Morgan fingerprint density at radius 2 is 1.75 bits per heavy atom. The Hall–Kier alpha value is -3.73. The van der Waals surface area contributed by atoms with Gasteiger partial charge in [-0.15, -0.1) is 0 Å². The first-order valence-corrected chi connectivity index (χ1v) is 13.3. The summed E-state index contributed by atoms with van der Waals surface area (Å²) in [6.07, 6.45) is -4.00. The number of thiol groups is 1. The molecule has 0 radical (unpaired) electrons. The molecule has 40 heavy (non-hydrogen) atoms. The fourth-order valence-corrected chi connectivity index (χ4v) is 4.32. The zero-order valence-corrected chi connectivity index (χ0v) is 23.2. The highest BCUT2D eigenvalue weighted by atomic mass is 32.1. The topological polar surface area (TPSA) is 93.7 Å². The second-order valence-corrected chi connectivity index (χ2v) is 9.97. The van der Waals surface area contributed by atoms with Gasteiger partial charge in [-0.05, 0) is 76.7 Å². The molecule has 7 nitrogen and oxygen atoms in total. The average Bonchev–Trinajstić information content (AvgIpc) is 2.91. The van der Waals surface area contributed by atoms with Crippen LogP contribution in [0.25, 0.3) is 21.9 Å². The van der Waals surface area contributed by atoms with Crippen LogP contribution in [0.5, 0.6) is 5.75 Å². The van der Waals surface area contributed by atoms with Crippen LogP contribution in [0.1, 0.15) is 37.0 Å². The van der Waals surface area contributed by atoms with Crippen molar-refractivity contribution < 1.29 is 37.0 Å². The Morgan fingerprint density at radius 3 is 2.40 bits per heavy atom. The van der Waals surface area contributed by atoms with Crippen LogP contribution in [0, 0.1) is 5.92 Å². The summed E-state index contributed by atoms with van der Waals surface area (Å²) in [5, 5.41) is 7.14. The van der Waals surface area contributed by atoms with E-state index >= 15 is 0 Å². The Balaban J connectivity index is 2.12. The normalized spacial score (nSPS) is 12.2. The predicted octanol–water partition coefficient (Wildman–Crippen LogP) is 6.02. The second-order valence-electron chi connectivity index (χ2n) is 9.52. The molecule has 2 N–H and O–H groups in total. The number of carbonyl (C=O) groups is 3. The van der Waals surface area contributed by atoms with Crippen LogP contribution in [0.2, 0.25) is 0 Å². The number of rotatable bonds is 11.